The molecule has 1 aliphatic rings. The Bertz CT molecular complexity index is 688. The number of amides is 2. The van der Waals surface area contributed by atoms with E-state index in [1.165, 1.54) is 4.31 Å². The molecule has 1 saturated heterocycles. The van der Waals surface area contributed by atoms with Gasteiger partial charge < -0.3 is 10.2 Å². The van der Waals surface area contributed by atoms with E-state index in [0.29, 0.717) is 44.0 Å². The number of sulfonamides is 1. The molecule has 2 rings (SSSR count). The summed E-state index contributed by atoms with van der Waals surface area (Å²) in [6.07, 6.45) is 1.52. The molecular weight excluding hydrogens is 326 g/mol. The van der Waals surface area contributed by atoms with Gasteiger partial charge in [0.1, 0.15) is 0 Å². The average Bonchev–Trinajstić information content (AvgIpc) is 2.81. The van der Waals surface area contributed by atoms with Crippen molar-refractivity contribution >= 4 is 16.1 Å². The summed E-state index contributed by atoms with van der Waals surface area (Å²) in [4.78, 5) is 14.2. The largest absolute Gasteiger partial charge is 0.338 e. The van der Waals surface area contributed by atoms with Gasteiger partial charge in [-0.1, -0.05) is 19.1 Å². The summed E-state index contributed by atoms with van der Waals surface area (Å²) < 4.78 is 27.4. The Balaban J connectivity index is 2.12. The highest BCUT2D eigenvalue weighted by molar-refractivity contribution is 7.89. The Morgan fingerprint density at radius 3 is 2.62 bits per heavy atom. The quantitative estimate of drug-likeness (QED) is 0.901. The number of carbonyl (C=O) groups excluding carboxylic acids is 1. The highest BCUT2D eigenvalue weighted by Crippen LogP contribution is 2.22. The zero-order valence-electron chi connectivity index (χ0n) is 14.7. The van der Waals surface area contributed by atoms with Gasteiger partial charge in [-0.25, -0.2) is 13.2 Å². The maximum atomic E-state index is 13.0. The Hall–Kier alpha value is -1.60. The third-order valence-electron chi connectivity index (χ3n) is 4.23. The molecule has 0 saturated carbocycles. The first kappa shape index (κ1) is 18.7. The summed E-state index contributed by atoms with van der Waals surface area (Å²) in [5, 5.41) is 2.85. The maximum absolute atomic E-state index is 13.0. The van der Waals surface area contributed by atoms with Crippen molar-refractivity contribution in [1.29, 1.82) is 0 Å². The lowest BCUT2D eigenvalue weighted by atomic mass is 10.2. The van der Waals surface area contributed by atoms with Crippen LogP contribution in [0.5, 0.6) is 0 Å². The first-order chi connectivity index (χ1) is 11.4. The number of hydrogen-bond acceptors (Lipinski definition) is 3. The van der Waals surface area contributed by atoms with Crippen LogP contribution in [0.2, 0.25) is 0 Å². The predicted molar refractivity (Wildman–Crippen MR) is 94.6 cm³/mol. The van der Waals surface area contributed by atoms with Crippen molar-refractivity contribution in [2.75, 3.05) is 32.7 Å². The first-order valence-corrected chi connectivity index (χ1v) is 9.90. The molecular formula is C17H27N3O3S. The zero-order chi connectivity index (χ0) is 17.7. The molecule has 134 valence electrons. The lowest BCUT2D eigenvalue weighted by molar-refractivity contribution is 0.200. The molecule has 1 heterocycles. The first-order valence-electron chi connectivity index (χ1n) is 8.46. The molecule has 6 nitrogen and oxygen atoms in total. The van der Waals surface area contributed by atoms with Crippen molar-refractivity contribution in [1.82, 2.24) is 14.5 Å². The van der Waals surface area contributed by atoms with Crippen LogP contribution in [0.15, 0.2) is 23.1 Å². The standard InChI is InChI=1S/C17H27N3O3S/c1-4-8-18-17(21)19-9-5-10-20(12-11-19)24(22,23)16-13-14(2)6-7-15(16)3/h6-7,13H,4-5,8-12H2,1-3H3,(H,18,21). The molecule has 0 bridgehead atoms. The van der Waals surface area contributed by atoms with Crippen molar-refractivity contribution in [3.8, 4) is 0 Å². The fraction of sp³-hybridized carbons (Fsp3) is 0.588. The van der Waals surface area contributed by atoms with E-state index >= 15 is 0 Å². The van der Waals surface area contributed by atoms with Gasteiger partial charge in [0, 0.05) is 32.7 Å². The van der Waals surface area contributed by atoms with Gasteiger partial charge in [0.05, 0.1) is 4.90 Å². The highest BCUT2D eigenvalue weighted by atomic mass is 32.2. The molecule has 0 aliphatic carbocycles. The topological polar surface area (TPSA) is 69.7 Å². The minimum absolute atomic E-state index is 0.108. The molecule has 1 aromatic rings. The van der Waals surface area contributed by atoms with Gasteiger partial charge >= 0.3 is 6.03 Å². The molecule has 0 spiro atoms. The van der Waals surface area contributed by atoms with Crippen LogP contribution in [0.4, 0.5) is 4.79 Å². The number of nitrogens with one attached hydrogen (secondary N) is 1. The van der Waals surface area contributed by atoms with Gasteiger partial charge in [-0.2, -0.15) is 4.31 Å². The third-order valence-corrected chi connectivity index (χ3v) is 6.27. The normalized spacial score (nSPS) is 16.7. The Morgan fingerprint density at radius 1 is 1.17 bits per heavy atom. The SMILES string of the molecule is CCCNC(=O)N1CCCN(S(=O)(=O)c2cc(C)ccc2C)CC1. The molecule has 0 aromatic heterocycles. The molecule has 0 unspecified atom stereocenters. The van der Waals surface area contributed by atoms with Gasteiger partial charge in [-0.15, -0.1) is 0 Å². The fourth-order valence-corrected chi connectivity index (χ4v) is 4.58. The predicted octanol–water partition coefficient (Wildman–Crippen LogP) is 2.12. The van der Waals surface area contributed by atoms with E-state index in [0.717, 1.165) is 17.5 Å². The number of urea groups is 1. The second kappa shape index (κ2) is 7.98. The van der Waals surface area contributed by atoms with E-state index < -0.39 is 10.0 Å². The second-order valence-electron chi connectivity index (χ2n) is 6.25. The monoisotopic (exact) mass is 353 g/mol. The molecule has 0 atom stereocenters. The van der Waals surface area contributed by atoms with E-state index in [1.807, 2.05) is 32.9 Å². The lowest BCUT2D eigenvalue weighted by Crippen LogP contribution is -2.42. The van der Waals surface area contributed by atoms with Crippen molar-refractivity contribution < 1.29 is 13.2 Å². The van der Waals surface area contributed by atoms with Gasteiger partial charge in [-0.3, -0.25) is 0 Å². The fourth-order valence-electron chi connectivity index (χ4n) is 2.81. The summed E-state index contributed by atoms with van der Waals surface area (Å²) >= 11 is 0. The number of aryl methyl sites for hydroxylation is 2. The summed E-state index contributed by atoms with van der Waals surface area (Å²) in [5.41, 5.74) is 1.68. The molecule has 1 N–H and O–H groups in total. The number of carbonyl (C=O) groups is 1. The average molecular weight is 353 g/mol. The lowest BCUT2D eigenvalue weighted by Gasteiger charge is -2.23. The van der Waals surface area contributed by atoms with E-state index in [1.54, 1.807) is 11.0 Å². The zero-order valence-corrected chi connectivity index (χ0v) is 15.5. The van der Waals surface area contributed by atoms with Crippen LogP contribution in [-0.4, -0.2) is 56.4 Å². The van der Waals surface area contributed by atoms with Crippen molar-refractivity contribution in [2.45, 2.75) is 38.5 Å². The maximum Gasteiger partial charge on any atom is 0.317 e. The third kappa shape index (κ3) is 4.27. The van der Waals surface area contributed by atoms with Crippen LogP contribution >= 0.6 is 0 Å². The molecule has 1 aliphatic heterocycles. The van der Waals surface area contributed by atoms with E-state index in [9.17, 15) is 13.2 Å². The van der Waals surface area contributed by atoms with Crippen molar-refractivity contribution in [2.24, 2.45) is 0 Å². The van der Waals surface area contributed by atoms with Crippen LogP contribution in [0, 0.1) is 13.8 Å². The van der Waals surface area contributed by atoms with Gasteiger partial charge in [0.25, 0.3) is 0 Å². The highest BCUT2D eigenvalue weighted by Gasteiger charge is 2.29. The number of hydrogen-bond donors (Lipinski definition) is 1. The van der Waals surface area contributed by atoms with Crippen molar-refractivity contribution in [3.05, 3.63) is 29.3 Å². The smallest absolute Gasteiger partial charge is 0.317 e. The second-order valence-corrected chi connectivity index (χ2v) is 8.15. The molecule has 1 aromatic carbocycles. The molecule has 0 radical (unpaired) electrons. The number of rotatable bonds is 4. The Labute approximate surface area is 144 Å². The summed E-state index contributed by atoms with van der Waals surface area (Å²) in [6.45, 7) is 8.10. The summed E-state index contributed by atoms with van der Waals surface area (Å²) in [6, 6.07) is 5.37. The van der Waals surface area contributed by atoms with E-state index in [4.69, 9.17) is 0 Å². The van der Waals surface area contributed by atoms with Crippen molar-refractivity contribution in [3.63, 3.8) is 0 Å². The summed E-state index contributed by atoms with van der Waals surface area (Å²) in [7, 11) is -3.53. The summed E-state index contributed by atoms with van der Waals surface area (Å²) in [5.74, 6) is 0. The molecule has 1 fully saturated rings. The van der Waals surface area contributed by atoms with Crippen LogP contribution in [0.25, 0.3) is 0 Å². The molecule has 2 amide bonds. The minimum Gasteiger partial charge on any atom is -0.338 e. The van der Waals surface area contributed by atoms with Crippen LogP contribution in [-0.2, 0) is 10.0 Å². The van der Waals surface area contributed by atoms with Gasteiger partial charge in [0.15, 0.2) is 0 Å². The minimum atomic E-state index is -3.53. The van der Waals surface area contributed by atoms with E-state index in [2.05, 4.69) is 5.32 Å². The number of nitrogens with zero attached hydrogens (tertiary/aromatic N) is 2. The van der Waals surface area contributed by atoms with Crippen LogP contribution in [0.1, 0.15) is 30.9 Å². The Morgan fingerprint density at radius 2 is 1.92 bits per heavy atom. The van der Waals surface area contributed by atoms with Crippen LogP contribution in [0.3, 0.4) is 0 Å². The van der Waals surface area contributed by atoms with E-state index in [-0.39, 0.29) is 6.03 Å². The van der Waals surface area contributed by atoms with Gasteiger partial charge in [0.2, 0.25) is 10.0 Å². The molecule has 7 heteroatoms. The Kier molecular flexibility index (Phi) is 6.23. The van der Waals surface area contributed by atoms with Crippen LogP contribution < -0.4 is 5.32 Å². The number of benzene rings is 1. The van der Waals surface area contributed by atoms with Gasteiger partial charge in [-0.05, 0) is 43.9 Å². The molecule has 24 heavy (non-hydrogen) atoms.